The predicted molar refractivity (Wildman–Crippen MR) is 72.4 cm³/mol. The molecule has 94 valence electrons. The third kappa shape index (κ3) is 2.87. The molecule has 0 heterocycles. The zero-order valence-electron chi connectivity index (χ0n) is 11.7. The van der Waals surface area contributed by atoms with Crippen molar-refractivity contribution in [2.24, 2.45) is 5.73 Å². The van der Waals surface area contributed by atoms with E-state index in [9.17, 15) is 4.79 Å². The van der Waals surface area contributed by atoms with Crippen LogP contribution in [0.1, 0.15) is 63.0 Å². The quantitative estimate of drug-likeness (QED) is 0.794. The molecule has 0 aliphatic carbocycles. The lowest BCUT2D eigenvalue weighted by molar-refractivity contribution is 0.0996. The van der Waals surface area contributed by atoms with Gasteiger partial charge in [0, 0.05) is 5.56 Å². The molecule has 17 heavy (non-hydrogen) atoms. The molecule has 0 spiro atoms. The largest absolute Gasteiger partial charge is 0.366 e. The van der Waals surface area contributed by atoms with E-state index < -0.39 is 0 Å². The van der Waals surface area contributed by atoms with Crippen LogP contribution < -0.4 is 5.73 Å². The van der Waals surface area contributed by atoms with Crippen molar-refractivity contribution in [3.05, 3.63) is 34.9 Å². The Morgan fingerprint density at radius 2 is 1.29 bits per heavy atom. The molecule has 0 aliphatic rings. The summed E-state index contributed by atoms with van der Waals surface area (Å²) in [5.41, 5.74) is 8.15. The first-order valence-corrected chi connectivity index (χ1v) is 5.99. The van der Waals surface area contributed by atoms with Crippen LogP contribution in [0, 0.1) is 0 Å². The van der Waals surface area contributed by atoms with E-state index in [2.05, 4.69) is 41.5 Å². The number of carbonyl (C=O) groups excluding carboxylic acids is 1. The van der Waals surface area contributed by atoms with Gasteiger partial charge in [-0.2, -0.15) is 0 Å². The van der Waals surface area contributed by atoms with Gasteiger partial charge in [-0.25, -0.2) is 0 Å². The number of rotatable bonds is 1. The van der Waals surface area contributed by atoms with E-state index in [1.54, 1.807) is 0 Å². The van der Waals surface area contributed by atoms with Crippen molar-refractivity contribution in [3.8, 4) is 0 Å². The highest BCUT2D eigenvalue weighted by Gasteiger charge is 2.27. The maximum atomic E-state index is 11.8. The number of amides is 1. The molecule has 1 aromatic rings. The van der Waals surface area contributed by atoms with Crippen LogP contribution in [-0.2, 0) is 10.8 Å². The minimum Gasteiger partial charge on any atom is -0.366 e. The van der Waals surface area contributed by atoms with Crippen LogP contribution in [0.4, 0.5) is 0 Å². The Bertz CT molecular complexity index is 401. The first-order valence-electron chi connectivity index (χ1n) is 5.99. The highest BCUT2D eigenvalue weighted by atomic mass is 16.1. The molecule has 1 amide bonds. The van der Waals surface area contributed by atoms with Gasteiger partial charge in [0.05, 0.1) is 0 Å². The second-order valence-electron chi connectivity index (χ2n) is 6.59. The molecule has 1 rings (SSSR count). The van der Waals surface area contributed by atoms with Gasteiger partial charge < -0.3 is 5.73 Å². The van der Waals surface area contributed by atoms with E-state index >= 15 is 0 Å². The van der Waals surface area contributed by atoms with Crippen LogP contribution in [0.15, 0.2) is 18.2 Å². The summed E-state index contributed by atoms with van der Waals surface area (Å²) in [6, 6.07) is 6.00. The van der Waals surface area contributed by atoms with Gasteiger partial charge in [-0.05, 0) is 22.0 Å². The zero-order valence-corrected chi connectivity index (χ0v) is 11.7. The molecule has 0 saturated heterocycles. The Morgan fingerprint density at radius 3 is 1.53 bits per heavy atom. The summed E-state index contributed by atoms with van der Waals surface area (Å²) in [4.78, 5) is 11.8. The summed E-state index contributed by atoms with van der Waals surface area (Å²) in [6.07, 6.45) is 0. The molecular formula is C15H23NO. The third-order valence-electron chi connectivity index (χ3n) is 2.93. The summed E-state index contributed by atoms with van der Waals surface area (Å²) < 4.78 is 0. The van der Waals surface area contributed by atoms with Crippen molar-refractivity contribution in [3.63, 3.8) is 0 Å². The molecule has 0 fully saturated rings. The maximum absolute atomic E-state index is 11.8. The highest BCUT2D eigenvalue weighted by molar-refractivity contribution is 5.96. The van der Waals surface area contributed by atoms with Gasteiger partial charge >= 0.3 is 0 Å². The molecule has 0 atom stereocenters. The molecule has 2 nitrogen and oxygen atoms in total. The lowest BCUT2D eigenvalue weighted by Crippen LogP contribution is -2.27. The Balaban J connectivity index is 3.61. The number of primary amides is 1. The molecule has 2 heteroatoms. The summed E-state index contributed by atoms with van der Waals surface area (Å²) in [6.45, 7) is 12.6. The maximum Gasteiger partial charge on any atom is 0.249 e. The summed E-state index contributed by atoms with van der Waals surface area (Å²) in [7, 11) is 0. The number of hydrogen-bond acceptors (Lipinski definition) is 1. The Hall–Kier alpha value is -1.31. The van der Waals surface area contributed by atoms with Crippen LogP contribution in [-0.4, -0.2) is 5.91 Å². The van der Waals surface area contributed by atoms with Gasteiger partial charge in [-0.15, -0.1) is 0 Å². The molecule has 0 radical (unpaired) electrons. The first kappa shape index (κ1) is 13.8. The van der Waals surface area contributed by atoms with Crippen molar-refractivity contribution in [1.29, 1.82) is 0 Å². The van der Waals surface area contributed by atoms with Crippen molar-refractivity contribution < 1.29 is 4.79 Å². The molecule has 0 saturated carbocycles. The van der Waals surface area contributed by atoms with E-state index in [1.807, 2.05) is 18.2 Å². The summed E-state index contributed by atoms with van der Waals surface area (Å²) >= 11 is 0. The van der Waals surface area contributed by atoms with Crippen LogP contribution in [0.25, 0.3) is 0 Å². The van der Waals surface area contributed by atoms with Gasteiger partial charge in [-0.3, -0.25) is 4.79 Å². The van der Waals surface area contributed by atoms with Crippen molar-refractivity contribution in [2.75, 3.05) is 0 Å². The molecule has 0 bridgehead atoms. The lowest BCUT2D eigenvalue weighted by atomic mass is 9.76. The van der Waals surface area contributed by atoms with Crippen LogP contribution in [0.3, 0.4) is 0 Å². The van der Waals surface area contributed by atoms with E-state index in [1.165, 1.54) is 0 Å². The zero-order chi connectivity index (χ0) is 13.4. The summed E-state index contributed by atoms with van der Waals surface area (Å²) in [5.74, 6) is -0.333. The van der Waals surface area contributed by atoms with E-state index in [0.29, 0.717) is 5.56 Å². The van der Waals surface area contributed by atoms with Crippen LogP contribution in [0.5, 0.6) is 0 Å². The Kier molecular flexibility index (Phi) is 3.37. The number of benzene rings is 1. The Labute approximate surface area is 104 Å². The second-order valence-corrected chi connectivity index (χ2v) is 6.59. The van der Waals surface area contributed by atoms with E-state index in [0.717, 1.165) is 11.1 Å². The fraction of sp³-hybridized carbons (Fsp3) is 0.533. The smallest absolute Gasteiger partial charge is 0.249 e. The predicted octanol–water partition coefficient (Wildman–Crippen LogP) is 3.38. The normalized spacial score (nSPS) is 12.6. The van der Waals surface area contributed by atoms with Crippen molar-refractivity contribution in [1.82, 2.24) is 0 Å². The molecule has 1 aromatic carbocycles. The number of hydrogen-bond donors (Lipinski definition) is 1. The second kappa shape index (κ2) is 4.17. The van der Waals surface area contributed by atoms with Crippen molar-refractivity contribution >= 4 is 5.91 Å². The van der Waals surface area contributed by atoms with Gasteiger partial charge in [0.15, 0.2) is 0 Å². The van der Waals surface area contributed by atoms with Gasteiger partial charge in [0.25, 0.3) is 0 Å². The monoisotopic (exact) mass is 233 g/mol. The lowest BCUT2D eigenvalue weighted by Gasteiger charge is -2.28. The molecule has 0 aliphatic heterocycles. The molecule has 0 aromatic heterocycles. The van der Waals surface area contributed by atoms with Gasteiger partial charge in [0.2, 0.25) is 5.91 Å². The minimum absolute atomic E-state index is 0.0778. The number of carbonyl (C=O) groups is 1. The number of nitrogens with two attached hydrogens (primary N) is 1. The van der Waals surface area contributed by atoms with Crippen molar-refractivity contribution in [2.45, 2.75) is 52.4 Å². The molecule has 0 unspecified atom stereocenters. The SMILES string of the molecule is CC(C)(C)c1cccc(C(C)(C)C)c1C(N)=O. The fourth-order valence-corrected chi connectivity index (χ4v) is 2.07. The van der Waals surface area contributed by atoms with E-state index in [4.69, 9.17) is 5.73 Å². The highest BCUT2D eigenvalue weighted by Crippen LogP contribution is 2.33. The standard InChI is InChI=1S/C15H23NO/c1-14(2,3)10-8-7-9-11(15(4,5)6)12(10)13(16)17/h7-9H,1-6H3,(H2,16,17). The third-order valence-corrected chi connectivity index (χ3v) is 2.93. The van der Waals surface area contributed by atoms with Crippen LogP contribution in [0.2, 0.25) is 0 Å². The fourth-order valence-electron chi connectivity index (χ4n) is 2.07. The molecular weight excluding hydrogens is 210 g/mol. The average molecular weight is 233 g/mol. The first-order chi connectivity index (χ1) is 7.55. The summed E-state index contributed by atoms with van der Waals surface area (Å²) in [5, 5.41) is 0. The van der Waals surface area contributed by atoms with Gasteiger partial charge in [-0.1, -0.05) is 59.7 Å². The average Bonchev–Trinajstić information content (AvgIpc) is 2.13. The minimum atomic E-state index is -0.333. The van der Waals surface area contributed by atoms with E-state index in [-0.39, 0.29) is 16.7 Å². The van der Waals surface area contributed by atoms with Gasteiger partial charge in [0.1, 0.15) is 0 Å². The molecule has 2 N–H and O–H groups in total. The topological polar surface area (TPSA) is 43.1 Å². The Morgan fingerprint density at radius 1 is 0.941 bits per heavy atom. The van der Waals surface area contributed by atoms with Crippen LogP contribution >= 0.6 is 0 Å².